The average molecular weight is 267 g/mol. The van der Waals surface area contributed by atoms with Crippen molar-refractivity contribution >= 4 is 35.7 Å². The maximum absolute atomic E-state index is 12.0. The van der Waals surface area contributed by atoms with Crippen LogP contribution in [0.4, 0.5) is 13.2 Å². The summed E-state index contributed by atoms with van der Waals surface area (Å²) >= 11 is 0. The van der Waals surface area contributed by atoms with Gasteiger partial charge in [0.2, 0.25) is 0 Å². The van der Waals surface area contributed by atoms with Crippen molar-refractivity contribution in [2.24, 2.45) is 0 Å². The molecule has 1 aromatic heterocycles. The van der Waals surface area contributed by atoms with Crippen LogP contribution in [0.1, 0.15) is 5.69 Å². The second kappa shape index (κ2) is 5.59. The van der Waals surface area contributed by atoms with Crippen molar-refractivity contribution in [3.8, 4) is 5.75 Å². The first-order chi connectivity index (χ1) is 8.33. The summed E-state index contributed by atoms with van der Waals surface area (Å²) in [6, 6.07) is 5.25. The summed E-state index contributed by atoms with van der Waals surface area (Å²) in [5, 5.41) is 9.07. The Bertz CT molecular complexity index is 594. The molecule has 98 valence electrons. The number of hydrogen-bond acceptors (Lipinski definition) is 2. The zero-order chi connectivity index (χ0) is 13.3. The standard InChI is InChI=1S/C11H8F3NO3.Li.H/c12-11(13,14)18-8-1-2-9-6(4-8)3-7(15-9)5-10(16)17;;/h1-4,15H,5H2,(H,16,17);;. The first kappa shape index (κ1) is 15.5. The van der Waals surface area contributed by atoms with Gasteiger partial charge >= 0.3 is 31.2 Å². The molecule has 0 aliphatic carbocycles. The number of H-pyrrole nitrogens is 1. The van der Waals surface area contributed by atoms with Crippen molar-refractivity contribution in [2.45, 2.75) is 12.8 Å². The van der Waals surface area contributed by atoms with E-state index in [9.17, 15) is 18.0 Å². The molecule has 8 heteroatoms. The van der Waals surface area contributed by atoms with Crippen molar-refractivity contribution < 1.29 is 27.8 Å². The molecule has 0 unspecified atom stereocenters. The number of aromatic nitrogens is 1. The number of carbonyl (C=O) groups is 1. The molecule has 1 aromatic carbocycles. The van der Waals surface area contributed by atoms with Crippen LogP contribution >= 0.6 is 0 Å². The molecule has 4 nitrogen and oxygen atoms in total. The molecule has 0 saturated heterocycles. The Balaban J connectivity index is 0.00000180. The molecule has 0 spiro atoms. The predicted octanol–water partition coefficient (Wildman–Crippen LogP) is 2.05. The van der Waals surface area contributed by atoms with Crippen LogP contribution in [0.5, 0.6) is 5.75 Å². The number of hydrogen-bond donors (Lipinski definition) is 2. The van der Waals surface area contributed by atoms with Crippen LogP contribution in [0.25, 0.3) is 10.9 Å². The van der Waals surface area contributed by atoms with Crippen LogP contribution < -0.4 is 4.74 Å². The van der Waals surface area contributed by atoms with Crippen LogP contribution in [-0.2, 0) is 11.2 Å². The normalized spacial score (nSPS) is 11.1. The van der Waals surface area contributed by atoms with Crippen molar-refractivity contribution in [3.63, 3.8) is 0 Å². The topological polar surface area (TPSA) is 62.3 Å². The fourth-order valence-corrected chi connectivity index (χ4v) is 1.63. The fraction of sp³-hybridized carbons (Fsp3) is 0.182. The second-order valence-corrected chi connectivity index (χ2v) is 3.66. The molecule has 0 fully saturated rings. The summed E-state index contributed by atoms with van der Waals surface area (Å²) in [4.78, 5) is 13.3. The van der Waals surface area contributed by atoms with Crippen LogP contribution in [-0.4, -0.2) is 41.3 Å². The van der Waals surface area contributed by atoms with E-state index in [1.165, 1.54) is 18.2 Å². The number of benzene rings is 1. The Morgan fingerprint density at radius 2 is 2.00 bits per heavy atom. The molecule has 0 saturated carbocycles. The number of carboxylic acids is 1. The van der Waals surface area contributed by atoms with Crippen LogP contribution in [0, 0.1) is 0 Å². The summed E-state index contributed by atoms with van der Waals surface area (Å²) in [6.45, 7) is 0. The minimum absolute atomic E-state index is 0. The number of aliphatic carboxylic acids is 1. The number of rotatable bonds is 3. The average Bonchev–Trinajstić information content (AvgIpc) is 2.55. The van der Waals surface area contributed by atoms with E-state index in [4.69, 9.17) is 5.11 Å². The molecule has 19 heavy (non-hydrogen) atoms. The van der Waals surface area contributed by atoms with Crippen molar-refractivity contribution in [1.82, 2.24) is 4.98 Å². The number of alkyl halides is 3. The van der Waals surface area contributed by atoms with E-state index in [1.54, 1.807) is 0 Å². The Kier molecular flexibility index (Phi) is 4.55. The number of fused-ring (bicyclic) bond motifs is 1. The minimum atomic E-state index is -4.74. The molecule has 1 heterocycles. The molecule has 0 aliphatic rings. The summed E-state index contributed by atoms with van der Waals surface area (Å²) in [5.74, 6) is -1.36. The third kappa shape index (κ3) is 4.23. The van der Waals surface area contributed by atoms with Crippen molar-refractivity contribution in [3.05, 3.63) is 30.0 Å². The molecular formula is C11H9F3LiNO3. The quantitative estimate of drug-likeness (QED) is 0.836. The van der Waals surface area contributed by atoms with Gasteiger partial charge in [0.25, 0.3) is 0 Å². The Morgan fingerprint density at radius 1 is 1.32 bits per heavy atom. The van der Waals surface area contributed by atoms with Gasteiger partial charge in [0, 0.05) is 16.6 Å². The maximum atomic E-state index is 12.0. The summed E-state index contributed by atoms with van der Waals surface area (Å²) in [6.07, 6.45) is -4.96. The van der Waals surface area contributed by atoms with Gasteiger partial charge in [0.1, 0.15) is 5.75 Å². The zero-order valence-corrected chi connectivity index (χ0v) is 8.91. The Hall–Kier alpha value is -1.58. The van der Waals surface area contributed by atoms with E-state index >= 15 is 0 Å². The van der Waals surface area contributed by atoms with E-state index < -0.39 is 12.3 Å². The van der Waals surface area contributed by atoms with Gasteiger partial charge in [-0.15, -0.1) is 13.2 Å². The van der Waals surface area contributed by atoms with Gasteiger partial charge in [-0.2, -0.15) is 0 Å². The number of halogens is 3. The second-order valence-electron chi connectivity index (χ2n) is 3.66. The van der Waals surface area contributed by atoms with Gasteiger partial charge in [-0.1, -0.05) is 0 Å². The Morgan fingerprint density at radius 3 is 2.58 bits per heavy atom. The van der Waals surface area contributed by atoms with Gasteiger partial charge in [-0.3, -0.25) is 4.79 Å². The molecule has 2 rings (SSSR count). The molecular weight excluding hydrogens is 258 g/mol. The fourth-order valence-electron chi connectivity index (χ4n) is 1.63. The van der Waals surface area contributed by atoms with E-state index in [-0.39, 0.29) is 31.0 Å². The van der Waals surface area contributed by atoms with Gasteiger partial charge in [-0.25, -0.2) is 0 Å². The van der Waals surface area contributed by atoms with E-state index in [0.717, 1.165) is 6.07 Å². The SMILES string of the molecule is O=C(O)Cc1cc2cc(OC(F)(F)F)ccc2[nH]1.[LiH]. The van der Waals surface area contributed by atoms with Crippen molar-refractivity contribution in [2.75, 3.05) is 0 Å². The predicted molar refractivity (Wildman–Crippen MR) is 63.5 cm³/mol. The van der Waals surface area contributed by atoms with E-state index in [1.807, 2.05) is 0 Å². The Labute approximate surface area is 117 Å². The van der Waals surface area contributed by atoms with Gasteiger partial charge in [0.05, 0.1) is 6.42 Å². The number of aromatic amines is 1. The van der Waals surface area contributed by atoms with E-state index in [0.29, 0.717) is 16.6 Å². The van der Waals surface area contributed by atoms with Gasteiger partial charge in [-0.05, 0) is 24.3 Å². The van der Waals surface area contributed by atoms with Crippen LogP contribution in [0.15, 0.2) is 24.3 Å². The third-order valence-electron chi connectivity index (χ3n) is 2.22. The van der Waals surface area contributed by atoms with Crippen molar-refractivity contribution in [1.29, 1.82) is 0 Å². The number of nitrogens with one attached hydrogen (secondary N) is 1. The first-order valence-corrected chi connectivity index (χ1v) is 4.93. The van der Waals surface area contributed by atoms with Crippen LogP contribution in [0.2, 0.25) is 0 Å². The van der Waals surface area contributed by atoms with Gasteiger partial charge in [0.15, 0.2) is 0 Å². The van der Waals surface area contributed by atoms with E-state index in [2.05, 4.69) is 9.72 Å². The zero-order valence-electron chi connectivity index (χ0n) is 8.91. The first-order valence-electron chi connectivity index (χ1n) is 4.93. The summed E-state index contributed by atoms with van der Waals surface area (Å²) < 4.78 is 39.8. The van der Waals surface area contributed by atoms with Crippen LogP contribution in [0.3, 0.4) is 0 Å². The molecule has 0 bridgehead atoms. The number of carboxylic acid groups (broad SMARTS) is 1. The molecule has 2 N–H and O–H groups in total. The molecule has 0 atom stereocenters. The molecule has 0 amide bonds. The summed E-state index contributed by atoms with van der Waals surface area (Å²) in [7, 11) is 0. The molecule has 0 radical (unpaired) electrons. The molecule has 0 aliphatic heterocycles. The summed E-state index contributed by atoms with van der Waals surface area (Å²) in [5.41, 5.74) is 0.974. The monoisotopic (exact) mass is 267 g/mol. The van der Waals surface area contributed by atoms with Gasteiger partial charge < -0.3 is 14.8 Å². The molecule has 2 aromatic rings. The number of ether oxygens (including phenoxy) is 1. The third-order valence-corrected chi connectivity index (χ3v) is 2.22.